The maximum Gasteiger partial charge on any atom is 0.280 e. The summed E-state index contributed by atoms with van der Waals surface area (Å²) >= 11 is 0. The second kappa shape index (κ2) is 9.29. The van der Waals surface area contributed by atoms with Crippen LogP contribution >= 0.6 is 0 Å². The Balaban J connectivity index is 2.55. The van der Waals surface area contributed by atoms with Gasteiger partial charge in [-0.05, 0) is 30.2 Å². The van der Waals surface area contributed by atoms with Crippen LogP contribution in [-0.2, 0) is 4.74 Å². The first-order valence-corrected chi connectivity index (χ1v) is 8.42. The third-order valence-corrected chi connectivity index (χ3v) is 4.02. The highest BCUT2D eigenvalue weighted by Gasteiger charge is 2.25. The summed E-state index contributed by atoms with van der Waals surface area (Å²) in [5.41, 5.74) is -0.212. The first-order valence-electron chi connectivity index (χ1n) is 8.42. The van der Waals surface area contributed by atoms with E-state index in [-0.39, 0.29) is 17.7 Å². The van der Waals surface area contributed by atoms with Gasteiger partial charge in [0, 0.05) is 11.6 Å². The van der Waals surface area contributed by atoms with Crippen LogP contribution in [-0.4, -0.2) is 30.9 Å². The van der Waals surface area contributed by atoms with Crippen LogP contribution in [0, 0.1) is 15.9 Å². The number of rotatable bonds is 9. The Labute approximate surface area is 156 Å². The van der Waals surface area contributed by atoms with Crippen molar-refractivity contribution in [3.05, 3.63) is 51.8 Å². The van der Waals surface area contributed by atoms with Crippen molar-refractivity contribution in [1.29, 1.82) is 0 Å². The number of nitro groups is 1. The molecule has 0 spiro atoms. The van der Waals surface area contributed by atoms with Crippen LogP contribution in [0.3, 0.4) is 0 Å². The Morgan fingerprint density at radius 1 is 1.15 bits per heavy atom. The second-order valence-electron chi connectivity index (χ2n) is 5.83. The van der Waals surface area contributed by atoms with Gasteiger partial charge in [0.2, 0.25) is 0 Å². The normalized spacial score (nSPS) is 11.9. The van der Waals surface area contributed by atoms with Gasteiger partial charge in [-0.1, -0.05) is 13.3 Å². The van der Waals surface area contributed by atoms with Gasteiger partial charge in [-0.25, -0.2) is 4.39 Å². The van der Waals surface area contributed by atoms with E-state index < -0.39 is 22.7 Å². The number of ether oxygens (including phenoxy) is 3. The van der Waals surface area contributed by atoms with Crippen LogP contribution in [0.25, 0.3) is 11.1 Å². The number of aliphatic hydroxyl groups excluding tert-OH is 1. The molecule has 0 radical (unpaired) electrons. The molecule has 8 heteroatoms. The summed E-state index contributed by atoms with van der Waals surface area (Å²) in [6, 6.07) is 6.76. The number of nitro benzene ring substituents is 1. The Morgan fingerprint density at radius 3 is 2.30 bits per heavy atom. The summed E-state index contributed by atoms with van der Waals surface area (Å²) < 4.78 is 30.2. The molecule has 2 aromatic rings. The highest BCUT2D eigenvalue weighted by Crippen LogP contribution is 2.36. The van der Waals surface area contributed by atoms with E-state index in [1.165, 1.54) is 20.3 Å². The molecule has 0 bridgehead atoms. The highest BCUT2D eigenvalue weighted by molar-refractivity contribution is 5.70. The Bertz CT molecular complexity index is 789. The Morgan fingerprint density at radius 2 is 1.78 bits per heavy atom. The number of halogens is 1. The molecule has 27 heavy (non-hydrogen) atoms. The van der Waals surface area contributed by atoms with E-state index in [1.807, 2.05) is 6.92 Å². The highest BCUT2D eigenvalue weighted by atomic mass is 19.1. The predicted octanol–water partition coefficient (Wildman–Crippen LogP) is 4.23. The van der Waals surface area contributed by atoms with Crippen LogP contribution in [0.4, 0.5) is 10.1 Å². The predicted molar refractivity (Wildman–Crippen MR) is 97.4 cm³/mol. The molecule has 2 rings (SSSR count). The average Bonchev–Trinajstić information content (AvgIpc) is 2.67. The maximum atomic E-state index is 14.6. The van der Waals surface area contributed by atoms with Gasteiger partial charge < -0.3 is 19.3 Å². The quantitative estimate of drug-likeness (QED) is 0.303. The molecule has 1 N–H and O–H groups in total. The molecule has 1 unspecified atom stereocenters. The largest absolute Gasteiger partial charge is 0.497 e. The summed E-state index contributed by atoms with van der Waals surface area (Å²) in [5, 5.41) is 21.5. The SMILES string of the molecule is CCCCOC(O)c1cc(-c2cc(OC)cc(OC)c2)c(F)cc1[N+](=O)[O-]. The van der Waals surface area contributed by atoms with Gasteiger partial charge in [-0.2, -0.15) is 0 Å². The molecule has 146 valence electrons. The monoisotopic (exact) mass is 379 g/mol. The van der Waals surface area contributed by atoms with Crippen LogP contribution < -0.4 is 9.47 Å². The van der Waals surface area contributed by atoms with Crippen molar-refractivity contribution >= 4 is 5.69 Å². The molecule has 0 saturated heterocycles. The Hall–Kier alpha value is -2.71. The van der Waals surface area contributed by atoms with Crippen molar-refractivity contribution in [1.82, 2.24) is 0 Å². The second-order valence-corrected chi connectivity index (χ2v) is 5.83. The van der Waals surface area contributed by atoms with Gasteiger partial charge in [0.05, 0.1) is 37.4 Å². The van der Waals surface area contributed by atoms with E-state index in [4.69, 9.17) is 14.2 Å². The van der Waals surface area contributed by atoms with E-state index in [9.17, 15) is 19.6 Å². The van der Waals surface area contributed by atoms with Crippen molar-refractivity contribution < 1.29 is 28.6 Å². The smallest absolute Gasteiger partial charge is 0.280 e. The van der Waals surface area contributed by atoms with Gasteiger partial charge in [0.1, 0.15) is 17.3 Å². The van der Waals surface area contributed by atoms with Gasteiger partial charge in [-0.15, -0.1) is 0 Å². The number of benzene rings is 2. The zero-order valence-corrected chi connectivity index (χ0v) is 15.4. The molecule has 0 aliphatic rings. The van der Waals surface area contributed by atoms with Crippen molar-refractivity contribution in [2.45, 2.75) is 26.1 Å². The Kier molecular flexibility index (Phi) is 7.09. The molecule has 0 heterocycles. The van der Waals surface area contributed by atoms with Crippen molar-refractivity contribution in [3.8, 4) is 22.6 Å². The minimum absolute atomic E-state index is 0.0611. The summed E-state index contributed by atoms with van der Waals surface area (Å²) in [4.78, 5) is 10.5. The molecular formula is C19H22FNO6. The van der Waals surface area contributed by atoms with Crippen LogP contribution in [0.2, 0.25) is 0 Å². The molecule has 0 aliphatic carbocycles. The zero-order chi connectivity index (χ0) is 20.0. The van der Waals surface area contributed by atoms with Crippen LogP contribution in [0.15, 0.2) is 30.3 Å². The summed E-state index contributed by atoms with van der Waals surface area (Å²) in [6.45, 7) is 2.18. The van der Waals surface area contributed by atoms with Crippen LogP contribution in [0.1, 0.15) is 31.6 Å². The number of hydrogen-bond acceptors (Lipinski definition) is 6. The lowest BCUT2D eigenvalue weighted by molar-refractivity contribution is -0.387. The third kappa shape index (κ3) is 4.93. The van der Waals surface area contributed by atoms with E-state index in [0.717, 1.165) is 12.5 Å². The molecule has 0 fully saturated rings. The minimum Gasteiger partial charge on any atom is -0.497 e. The van der Waals surface area contributed by atoms with Gasteiger partial charge in [0.25, 0.3) is 5.69 Å². The molecule has 7 nitrogen and oxygen atoms in total. The first kappa shape index (κ1) is 20.6. The molecule has 1 atom stereocenters. The lowest BCUT2D eigenvalue weighted by atomic mass is 10.00. The van der Waals surface area contributed by atoms with Gasteiger partial charge in [0.15, 0.2) is 6.29 Å². The first-order chi connectivity index (χ1) is 12.9. The van der Waals surface area contributed by atoms with Crippen molar-refractivity contribution in [3.63, 3.8) is 0 Å². The number of nitrogens with zero attached hydrogens (tertiary/aromatic N) is 1. The number of hydrogen-bond donors (Lipinski definition) is 1. The average molecular weight is 379 g/mol. The summed E-state index contributed by atoms with van der Waals surface area (Å²) in [6.07, 6.45) is -0.0113. The zero-order valence-electron chi connectivity index (χ0n) is 15.4. The number of methoxy groups -OCH3 is 2. The third-order valence-electron chi connectivity index (χ3n) is 4.02. The van der Waals surface area contributed by atoms with Crippen LogP contribution in [0.5, 0.6) is 11.5 Å². The van der Waals surface area contributed by atoms with E-state index in [2.05, 4.69) is 0 Å². The topological polar surface area (TPSA) is 91.1 Å². The molecule has 0 aromatic heterocycles. The fraction of sp³-hybridized carbons (Fsp3) is 0.368. The summed E-state index contributed by atoms with van der Waals surface area (Å²) in [7, 11) is 2.92. The minimum atomic E-state index is -1.54. The van der Waals surface area contributed by atoms with Crippen molar-refractivity contribution in [2.75, 3.05) is 20.8 Å². The standard InChI is InChI=1S/C19H22FNO6/c1-4-5-6-27-19(22)16-10-15(17(20)11-18(16)21(23)24)12-7-13(25-2)9-14(8-12)26-3/h7-11,19,22H,4-6H2,1-3H3. The maximum absolute atomic E-state index is 14.6. The molecule has 0 aliphatic heterocycles. The fourth-order valence-corrected chi connectivity index (χ4v) is 2.55. The number of unbranched alkanes of at least 4 members (excludes halogenated alkanes) is 1. The van der Waals surface area contributed by atoms with Gasteiger partial charge in [-0.3, -0.25) is 10.1 Å². The molecular weight excluding hydrogens is 357 g/mol. The van der Waals surface area contributed by atoms with E-state index in [1.54, 1.807) is 18.2 Å². The fourth-order valence-electron chi connectivity index (χ4n) is 2.55. The molecule has 0 amide bonds. The van der Waals surface area contributed by atoms with Crippen molar-refractivity contribution in [2.24, 2.45) is 0 Å². The lowest BCUT2D eigenvalue weighted by Crippen LogP contribution is -2.08. The van der Waals surface area contributed by atoms with Gasteiger partial charge >= 0.3 is 0 Å². The summed E-state index contributed by atoms with van der Waals surface area (Å²) in [5.74, 6) is 0.0632. The van der Waals surface area contributed by atoms with E-state index in [0.29, 0.717) is 23.5 Å². The molecule has 2 aromatic carbocycles. The number of aliphatic hydroxyl groups is 1. The molecule has 0 saturated carbocycles. The lowest BCUT2D eigenvalue weighted by Gasteiger charge is -2.15. The van der Waals surface area contributed by atoms with E-state index >= 15 is 0 Å².